The lowest BCUT2D eigenvalue weighted by Crippen LogP contribution is -2.39. The Kier molecular flexibility index (Phi) is 5.57. The number of nitrogens with zero attached hydrogens (tertiary/aromatic N) is 2. The third-order valence-corrected chi connectivity index (χ3v) is 7.12. The number of imidazole rings is 1. The maximum Gasteiger partial charge on any atom is 0.175 e. The minimum absolute atomic E-state index is 0.00696. The molecule has 1 saturated heterocycles. The quantitative estimate of drug-likeness (QED) is 0.657. The average molecular weight is 438 g/mol. The zero-order chi connectivity index (χ0) is 19.7. The Hall–Kier alpha value is -1.71. The van der Waals surface area contributed by atoms with Crippen molar-refractivity contribution in [1.82, 2.24) is 14.9 Å². The zero-order valence-electron chi connectivity index (χ0n) is 15.3. The first-order valence-electron chi connectivity index (χ1n) is 8.81. The fraction of sp³-hybridized carbons (Fsp3) is 0.316. The van der Waals surface area contributed by atoms with Gasteiger partial charge < -0.3 is 9.72 Å². The maximum absolute atomic E-state index is 11.6. The van der Waals surface area contributed by atoms with Crippen molar-refractivity contribution in [3.05, 3.63) is 58.3 Å². The van der Waals surface area contributed by atoms with Gasteiger partial charge in [-0.1, -0.05) is 23.7 Å². The molecule has 3 aromatic rings. The summed E-state index contributed by atoms with van der Waals surface area (Å²) in [5.41, 5.74) is 1.99. The van der Waals surface area contributed by atoms with E-state index in [1.165, 1.54) is 17.6 Å². The van der Waals surface area contributed by atoms with Crippen LogP contribution in [0.25, 0.3) is 10.6 Å². The molecule has 1 fully saturated rings. The summed E-state index contributed by atoms with van der Waals surface area (Å²) in [5, 5.41) is 0. The van der Waals surface area contributed by atoms with E-state index in [1.807, 2.05) is 30.5 Å². The molecule has 0 unspecified atom stereocenters. The van der Waals surface area contributed by atoms with Crippen molar-refractivity contribution in [2.75, 3.05) is 26.0 Å². The third kappa shape index (κ3) is 4.31. The summed E-state index contributed by atoms with van der Waals surface area (Å²) in [6, 6.07) is 10.9. The second-order valence-corrected chi connectivity index (χ2v) is 10.5. The van der Waals surface area contributed by atoms with Crippen LogP contribution in [0.5, 0.6) is 0 Å². The van der Waals surface area contributed by atoms with Gasteiger partial charge in [-0.15, -0.1) is 11.3 Å². The number of sulfone groups is 1. The van der Waals surface area contributed by atoms with Crippen LogP contribution in [0.15, 0.2) is 47.5 Å². The summed E-state index contributed by atoms with van der Waals surface area (Å²) in [7, 11) is -3.19. The standard InChI is InChI=1S/C19H20ClN3O3S2/c1-28(24,25)14-4-2-13(3-5-14)11-23-8-9-26-12-16(23)19-21-10-15(22-19)17-6-7-18(20)27-17/h2-7,10,16H,8-9,11-12H2,1H3,(H,21,22)/t16-/m0/s1. The molecule has 0 saturated carbocycles. The summed E-state index contributed by atoms with van der Waals surface area (Å²) in [6.07, 6.45) is 3.04. The van der Waals surface area contributed by atoms with E-state index in [1.54, 1.807) is 12.1 Å². The van der Waals surface area contributed by atoms with Crippen molar-refractivity contribution < 1.29 is 13.2 Å². The second-order valence-electron chi connectivity index (χ2n) is 6.76. The van der Waals surface area contributed by atoms with Gasteiger partial charge in [-0.25, -0.2) is 13.4 Å². The van der Waals surface area contributed by atoms with Gasteiger partial charge in [-0.2, -0.15) is 0 Å². The van der Waals surface area contributed by atoms with E-state index in [-0.39, 0.29) is 6.04 Å². The molecule has 148 valence electrons. The van der Waals surface area contributed by atoms with Gasteiger partial charge in [0, 0.05) is 19.3 Å². The number of ether oxygens (including phenoxy) is 1. The maximum atomic E-state index is 11.6. The van der Waals surface area contributed by atoms with Crippen LogP contribution in [-0.2, 0) is 21.1 Å². The first-order chi connectivity index (χ1) is 13.4. The van der Waals surface area contributed by atoms with Crippen LogP contribution in [0.2, 0.25) is 4.34 Å². The number of morpholine rings is 1. The van der Waals surface area contributed by atoms with Gasteiger partial charge >= 0.3 is 0 Å². The predicted molar refractivity (Wildman–Crippen MR) is 110 cm³/mol. The average Bonchev–Trinajstić information content (AvgIpc) is 3.31. The van der Waals surface area contributed by atoms with Gasteiger partial charge in [-0.3, -0.25) is 4.90 Å². The number of thiophene rings is 1. The highest BCUT2D eigenvalue weighted by atomic mass is 35.5. The highest BCUT2D eigenvalue weighted by molar-refractivity contribution is 7.90. The molecule has 1 aliphatic rings. The van der Waals surface area contributed by atoms with Gasteiger partial charge in [0.2, 0.25) is 0 Å². The molecule has 6 nitrogen and oxygen atoms in total. The minimum atomic E-state index is -3.19. The van der Waals surface area contributed by atoms with Crippen LogP contribution in [0.4, 0.5) is 0 Å². The summed E-state index contributed by atoms with van der Waals surface area (Å²) >= 11 is 7.54. The Morgan fingerprint density at radius 3 is 2.75 bits per heavy atom. The predicted octanol–water partition coefficient (Wildman–Crippen LogP) is 3.77. The van der Waals surface area contributed by atoms with Crippen LogP contribution < -0.4 is 0 Å². The van der Waals surface area contributed by atoms with Crippen molar-refractivity contribution in [2.24, 2.45) is 0 Å². The van der Waals surface area contributed by atoms with Crippen LogP contribution in [0.1, 0.15) is 17.4 Å². The van der Waals surface area contributed by atoms with Gasteiger partial charge in [-0.05, 0) is 29.8 Å². The first kappa shape index (κ1) is 19.6. The second kappa shape index (κ2) is 7.96. The van der Waals surface area contributed by atoms with E-state index in [0.29, 0.717) is 24.7 Å². The first-order valence-corrected chi connectivity index (χ1v) is 11.9. The fourth-order valence-corrected chi connectivity index (χ4v) is 4.88. The van der Waals surface area contributed by atoms with Crippen molar-refractivity contribution >= 4 is 32.8 Å². The molecular formula is C19H20ClN3O3S2. The van der Waals surface area contributed by atoms with E-state index >= 15 is 0 Å². The molecule has 3 heterocycles. The monoisotopic (exact) mass is 437 g/mol. The molecule has 9 heteroatoms. The zero-order valence-corrected chi connectivity index (χ0v) is 17.6. The molecule has 28 heavy (non-hydrogen) atoms. The fourth-order valence-electron chi connectivity index (χ4n) is 3.25. The van der Waals surface area contributed by atoms with Crippen LogP contribution in [0, 0.1) is 0 Å². The van der Waals surface area contributed by atoms with Gasteiger partial charge in [0.05, 0.1) is 45.3 Å². The molecule has 2 aromatic heterocycles. The number of halogens is 1. The number of aromatic amines is 1. The molecule has 4 rings (SSSR count). The van der Waals surface area contributed by atoms with Crippen LogP contribution in [-0.4, -0.2) is 49.3 Å². The normalized spacial score (nSPS) is 18.4. The van der Waals surface area contributed by atoms with Crippen molar-refractivity contribution in [3.8, 4) is 10.6 Å². The van der Waals surface area contributed by atoms with E-state index in [4.69, 9.17) is 16.3 Å². The van der Waals surface area contributed by atoms with E-state index in [0.717, 1.165) is 32.8 Å². The molecule has 0 amide bonds. The molecule has 0 spiro atoms. The number of H-pyrrole nitrogens is 1. The van der Waals surface area contributed by atoms with Crippen molar-refractivity contribution in [2.45, 2.75) is 17.5 Å². The van der Waals surface area contributed by atoms with Gasteiger partial charge in [0.1, 0.15) is 5.82 Å². The largest absolute Gasteiger partial charge is 0.378 e. The molecule has 1 aromatic carbocycles. The van der Waals surface area contributed by atoms with Gasteiger partial charge in [0.15, 0.2) is 9.84 Å². The molecule has 0 radical (unpaired) electrons. The van der Waals surface area contributed by atoms with E-state index in [2.05, 4.69) is 14.9 Å². The Bertz CT molecular complexity index is 1060. The minimum Gasteiger partial charge on any atom is -0.378 e. The molecular weight excluding hydrogens is 418 g/mol. The number of hydrogen-bond acceptors (Lipinski definition) is 6. The topological polar surface area (TPSA) is 75.3 Å². The molecule has 0 aliphatic carbocycles. The summed E-state index contributed by atoms with van der Waals surface area (Å²) < 4.78 is 29.7. The molecule has 0 bridgehead atoms. The number of aromatic nitrogens is 2. The number of hydrogen-bond donors (Lipinski definition) is 1. The van der Waals surface area contributed by atoms with E-state index < -0.39 is 9.84 Å². The highest BCUT2D eigenvalue weighted by Gasteiger charge is 2.27. The summed E-state index contributed by atoms with van der Waals surface area (Å²) in [4.78, 5) is 11.6. The number of nitrogens with one attached hydrogen (secondary N) is 1. The summed E-state index contributed by atoms with van der Waals surface area (Å²) in [6.45, 7) is 2.68. The Morgan fingerprint density at radius 2 is 2.07 bits per heavy atom. The SMILES string of the molecule is CS(=O)(=O)c1ccc(CN2CCOC[C@H]2c2ncc(-c3ccc(Cl)s3)[nH]2)cc1. The Morgan fingerprint density at radius 1 is 1.29 bits per heavy atom. The molecule has 1 atom stereocenters. The van der Waals surface area contributed by atoms with Crippen LogP contribution >= 0.6 is 22.9 Å². The lowest BCUT2D eigenvalue weighted by Gasteiger charge is -2.34. The van der Waals surface area contributed by atoms with Crippen LogP contribution in [0.3, 0.4) is 0 Å². The Labute approximate surface area is 173 Å². The van der Waals surface area contributed by atoms with Crippen molar-refractivity contribution in [3.63, 3.8) is 0 Å². The third-order valence-electron chi connectivity index (χ3n) is 4.73. The number of benzene rings is 1. The van der Waals surface area contributed by atoms with Gasteiger partial charge in [0.25, 0.3) is 0 Å². The number of rotatable bonds is 5. The van der Waals surface area contributed by atoms with E-state index in [9.17, 15) is 8.42 Å². The smallest absolute Gasteiger partial charge is 0.175 e. The summed E-state index contributed by atoms with van der Waals surface area (Å²) in [5.74, 6) is 0.854. The van der Waals surface area contributed by atoms with Crippen molar-refractivity contribution in [1.29, 1.82) is 0 Å². The lowest BCUT2D eigenvalue weighted by molar-refractivity contribution is -0.0156. The molecule has 1 aliphatic heterocycles. The highest BCUT2D eigenvalue weighted by Crippen LogP contribution is 2.32. The Balaban J connectivity index is 1.53. The molecule has 1 N–H and O–H groups in total. The lowest BCUT2D eigenvalue weighted by atomic mass is 10.1.